The molecule has 1 amide bonds. The molecule has 2 aromatic carbocycles. The van der Waals surface area contributed by atoms with Crippen LogP contribution in [-0.4, -0.2) is 36.9 Å². The van der Waals surface area contributed by atoms with E-state index in [0.717, 1.165) is 16.8 Å². The predicted molar refractivity (Wildman–Crippen MR) is 109 cm³/mol. The third-order valence-corrected chi connectivity index (χ3v) is 4.95. The second kappa shape index (κ2) is 6.85. The zero-order valence-electron chi connectivity index (χ0n) is 15.7. The summed E-state index contributed by atoms with van der Waals surface area (Å²) in [6.07, 6.45) is 4.02. The molecule has 4 rings (SSSR count). The van der Waals surface area contributed by atoms with Crippen LogP contribution in [0.2, 0.25) is 0 Å². The van der Waals surface area contributed by atoms with Crippen LogP contribution in [0.25, 0.3) is 16.7 Å². The van der Waals surface area contributed by atoms with E-state index in [1.54, 1.807) is 12.2 Å². The third kappa shape index (κ3) is 3.17. The highest BCUT2D eigenvalue weighted by Crippen LogP contribution is 2.29. The number of hydrazine groups is 1. The molecule has 1 aliphatic heterocycles. The summed E-state index contributed by atoms with van der Waals surface area (Å²) < 4.78 is 0. The van der Waals surface area contributed by atoms with E-state index >= 15 is 0 Å². The molecule has 1 atom stereocenters. The predicted octanol–water partition coefficient (Wildman–Crippen LogP) is 2.91. The van der Waals surface area contributed by atoms with Crippen molar-refractivity contribution in [1.82, 2.24) is 15.9 Å². The maximum Gasteiger partial charge on any atom is 0.253 e. The molecule has 1 heterocycles. The Bertz CT molecular complexity index is 986. The topological polar surface area (TPSA) is 56.7 Å². The van der Waals surface area contributed by atoms with Crippen molar-refractivity contribution >= 4 is 17.2 Å². The Hall–Kier alpha value is -3.18. The van der Waals surface area contributed by atoms with Crippen LogP contribution in [0.4, 0.5) is 0 Å². The fourth-order valence-electron chi connectivity index (χ4n) is 3.54. The van der Waals surface area contributed by atoms with Gasteiger partial charge >= 0.3 is 0 Å². The first kappa shape index (κ1) is 17.2. The van der Waals surface area contributed by atoms with Crippen molar-refractivity contribution in [3.8, 4) is 11.1 Å². The summed E-state index contributed by atoms with van der Waals surface area (Å²) in [4.78, 5) is 12.3. The molecular weight excluding hydrogens is 336 g/mol. The Morgan fingerprint density at radius 1 is 1.11 bits per heavy atom. The SMILES string of the molecule is CNC(=O)C1=CC(c2ccc(-c3ccccc3C)cc2)=CC2NN(C)N=C12. The number of hydrogen-bond donors (Lipinski definition) is 2. The lowest BCUT2D eigenvalue weighted by molar-refractivity contribution is -0.116. The van der Waals surface area contributed by atoms with E-state index in [4.69, 9.17) is 0 Å². The van der Waals surface area contributed by atoms with Crippen molar-refractivity contribution in [1.29, 1.82) is 0 Å². The molecule has 0 fully saturated rings. The largest absolute Gasteiger partial charge is 0.355 e. The molecule has 2 N–H and O–H groups in total. The monoisotopic (exact) mass is 358 g/mol. The molecule has 0 saturated heterocycles. The second-order valence-electron chi connectivity index (χ2n) is 6.77. The average Bonchev–Trinajstić information content (AvgIpc) is 3.07. The van der Waals surface area contributed by atoms with Crippen LogP contribution in [-0.2, 0) is 4.79 Å². The Morgan fingerprint density at radius 3 is 2.52 bits per heavy atom. The van der Waals surface area contributed by atoms with Gasteiger partial charge in [0.25, 0.3) is 5.91 Å². The maximum atomic E-state index is 12.3. The van der Waals surface area contributed by atoms with Crippen LogP contribution in [0.3, 0.4) is 0 Å². The van der Waals surface area contributed by atoms with Gasteiger partial charge in [-0.1, -0.05) is 54.6 Å². The summed E-state index contributed by atoms with van der Waals surface area (Å²) in [5.74, 6) is -0.127. The van der Waals surface area contributed by atoms with Crippen molar-refractivity contribution in [2.45, 2.75) is 13.0 Å². The first-order chi connectivity index (χ1) is 13.1. The summed E-state index contributed by atoms with van der Waals surface area (Å²) >= 11 is 0. The number of carbonyl (C=O) groups is 1. The van der Waals surface area contributed by atoms with E-state index in [-0.39, 0.29) is 11.9 Å². The number of aryl methyl sites for hydroxylation is 1. The Labute approximate surface area is 159 Å². The van der Waals surface area contributed by atoms with Crippen LogP contribution >= 0.6 is 0 Å². The van der Waals surface area contributed by atoms with E-state index in [0.29, 0.717) is 5.57 Å². The summed E-state index contributed by atoms with van der Waals surface area (Å²) in [5, 5.41) is 8.78. The zero-order chi connectivity index (χ0) is 19.0. The normalized spacial score (nSPS) is 18.4. The number of carbonyl (C=O) groups excluding carboxylic acids is 1. The number of amides is 1. The van der Waals surface area contributed by atoms with Gasteiger partial charge in [-0.3, -0.25) is 4.79 Å². The smallest absolute Gasteiger partial charge is 0.253 e. The summed E-state index contributed by atoms with van der Waals surface area (Å²) in [5.41, 5.74) is 10.3. The molecule has 0 spiro atoms. The van der Waals surface area contributed by atoms with Gasteiger partial charge in [-0.25, -0.2) is 10.5 Å². The van der Waals surface area contributed by atoms with Crippen LogP contribution in [0, 0.1) is 6.92 Å². The van der Waals surface area contributed by atoms with E-state index in [2.05, 4.69) is 77.4 Å². The fourth-order valence-corrected chi connectivity index (χ4v) is 3.54. The lowest BCUT2D eigenvalue weighted by atomic mass is 9.89. The van der Waals surface area contributed by atoms with Gasteiger partial charge in [0.2, 0.25) is 0 Å². The van der Waals surface area contributed by atoms with Crippen LogP contribution < -0.4 is 10.7 Å². The Kier molecular flexibility index (Phi) is 4.38. The van der Waals surface area contributed by atoms with E-state index in [9.17, 15) is 4.79 Å². The van der Waals surface area contributed by atoms with Crippen LogP contribution in [0.15, 0.2) is 71.4 Å². The minimum atomic E-state index is -0.127. The summed E-state index contributed by atoms with van der Waals surface area (Å²) in [7, 11) is 3.47. The van der Waals surface area contributed by atoms with Crippen molar-refractivity contribution in [2.75, 3.05) is 14.1 Å². The highest BCUT2D eigenvalue weighted by atomic mass is 16.1. The first-order valence-corrected chi connectivity index (χ1v) is 8.97. The maximum absolute atomic E-state index is 12.3. The molecule has 1 unspecified atom stereocenters. The van der Waals surface area contributed by atoms with Crippen molar-refractivity contribution in [3.05, 3.63) is 77.4 Å². The molecule has 5 nitrogen and oxygen atoms in total. The zero-order valence-corrected chi connectivity index (χ0v) is 15.7. The number of rotatable bonds is 3. The number of hydrazone groups is 1. The molecule has 2 aromatic rings. The van der Waals surface area contributed by atoms with Gasteiger partial charge in [-0.05, 0) is 40.8 Å². The number of likely N-dealkylation sites (N-methyl/N-ethyl adjacent to an activating group) is 1. The third-order valence-electron chi connectivity index (χ3n) is 4.95. The van der Waals surface area contributed by atoms with E-state index in [1.807, 2.05) is 13.1 Å². The molecule has 0 bridgehead atoms. The number of nitrogens with one attached hydrogen (secondary N) is 2. The average molecular weight is 358 g/mol. The molecule has 0 saturated carbocycles. The quantitative estimate of drug-likeness (QED) is 0.887. The molecule has 0 aromatic heterocycles. The molecule has 5 heteroatoms. The lowest BCUT2D eigenvalue weighted by Gasteiger charge is -2.19. The minimum absolute atomic E-state index is 0.0988. The summed E-state index contributed by atoms with van der Waals surface area (Å²) in [6.45, 7) is 2.12. The molecular formula is C22H22N4O. The standard InChI is InChI=1S/C22H22N4O/c1-14-6-4-5-7-18(14)16-10-8-15(9-11-16)17-12-19(22(27)23-2)21-20(13-17)24-26(3)25-21/h4-13,20,24H,1-3H3,(H,23,27). The van der Waals surface area contributed by atoms with E-state index in [1.165, 1.54) is 16.7 Å². The lowest BCUT2D eigenvalue weighted by Crippen LogP contribution is -2.39. The van der Waals surface area contributed by atoms with Crippen LogP contribution in [0.1, 0.15) is 11.1 Å². The Morgan fingerprint density at radius 2 is 1.81 bits per heavy atom. The van der Waals surface area contributed by atoms with Gasteiger partial charge in [0, 0.05) is 14.1 Å². The highest BCUT2D eigenvalue weighted by molar-refractivity contribution is 6.27. The minimum Gasteiger partial charge on any atom is -0.355 e. The van der Waals surface area contributed by atoms with Gasteiger partial charge in [0.1, 0.15) is 0 Å². The van der Waals surface area contributed by atoms with Crippen molar-refractivity contribution in [3.63, 3.8) is 0 Å². The van der Waals surface area contributed by atoms with Gasteiger partial charge in [0.05, 0.1) is 17.3 Å². The number of hydrogen-bond acceptors (Lipinski definition) is 4. The number of fused-ring (bicyclic) bond motifs is 1. The Balaban J connectivity index is 1.70. The van der Waals surface area contributed by atoms with Crippen molar-refractivity contribution < 1.29 is 4.79 Å². The van der Waals surface area contributed by atoms with Gasteiger partial charge < -0.3 is 5.32 Å². The number of allylic oxidation sites excluding steroid dienone is 2. The molecule has 27 heavy (non-hydrogen) atoms. The first-order valence-electron chi connectivity index (χ1n) is 8.97. The fraction of sp³-hybridized carbons (Fsp3) is 0.182. The van der Waals surface area contributed by atoms with Crippen LogP contribution in [0.5, 0.6) is 0 Å². The van der Waals surface area contributed by atoms with E-state index < -0.39 is 0 Å². The van der Waals surface area contributed by atoms with Gasteiger partial charge in [0.15, 0.2) is 0 Å². The highest BCUT2D eigenvalue weighted by Gasteiger charge is 2.32. The van der Waals surface area contributed by atoms with Crippen molar-refractivity contribution in [2.24, 2.45) is 5.10 Å². The molecule has 1 aliphatic carbocycles. The molecule has 0 radical (unpaired) electrons. The molecule has 136 valence electrons. The summed E-state index contributed by atoms with van der Waals surface area (Å²) in [6, 6.07) is 16.7. The number of benzene rings is 2. The second-order valence-corrected chi connectivity index (χ2v) is 6.77. The van der Waals surface area contributed by atoms with Gasteiger partial charge in [-0.2, -0.15) is 5.10 Å². The van der Waals surface area contributed by atoms with Gasteiger partial charge in [-0.15, -0.1) is 0 Å². The number of nitrogens with zero attached hydrogens (tertiary/aromatic N) is 2. The molecule has 2 aliphatic rings.